The molecule has 1 aliphatic heterocycles. The Hall–Kier alpha value is -2.65. The third-order valence-corrected chi connectivity index (χ3v) is 4.66. The SMILES string of the molecule is C=C(c1ccc(-c2cccc3cccnc23)cc1)N1CCNCC1. The maximum absolute atomic E-state index is 4.56. The molecule has 120 valence electrons. The van der Waals surface area contributed by atoms with Crippen molar-refractivity contribution in [2.24, 2.45) is 0 Å². The van der Waals surface area contributed by atoms with Crippen LogP contribution in [0.4, 0.5) is 0 Å². The number of aromatic nitrogens is 1. The molecule has 3 nitrogen and oxygen atoms in total. The molecular weight excluding hydrogens is 294 g/mol. The number of nitrogens with zero attached hydrogens (tertiary/aromatic N) is 2. The fourth-order valence-electron chi connectivity index (χ4n) is 3.30. The van der Waals surface area contributed by atoms with E-state index in [4.69, 9.17) is 0 Å². The number of nitrogens with one attached hydrogen (secondary N) is 1. The van der Waals surface area contributed by atoms with Gasteiger partial charge in [-0.1, -0.05) is 55.1 Å². The summed E-state index contributed by atoms with van der Waals surface area (Å²) < 4.78 is 0. The van der Waals surface area contributed by atoms with Crippen molar-refractivity contribution in [3.63, 3.8) is 0 Å². The van der Waals surface area contributed by atoms with Crippen LogP contribution in [0.2, 0.25) is 0 Å². The van der Waals surface area contributed by atoms with E-state index in [0.717, 1.165) is 37.4 Å². The fourth-order valence-corrected chi connectivity index (χ4v) is 3.30. The lowest BCUT2D eigenvalue weighted by Gasteiger charge is -2.31. The van der Waals surface area contributed by atoms with Crippen LogP contribution in [0, 0.1) is 0 Å². The molecule has 0 bridgehead atoms. The van der Waals surface area contributed by atoms with Crippen molar-refractivity contribution < 1.29 is 0 Å². The minimum Gasteiger partial charge on any atom is -0.369 e. The number of fused-ring (bicyclic) bond motifs is 1. The highest BCUT2D eigenvalue weighted by atomic mass is 15.2. The van der Waals surface area contributed by atoms with Crippen molar-refractivity contribution in [1.29, 1.82) is 0 Å². The first-order valence-electron chi connectivity index (χ1n) is 8.42. The van der Waals surface area contributed by atoms with E-state index < -0.39 is 0 Å². The molecule has 1 aromatic heterocycles. The van der Waals surface area contributed by atoms with Gasteiger partial charge in [0.2, 0.25) is 0 Å². The molecule has 2 aromatic carbocycles. The number of piperazine rings is 1. The van der Waals surface area contributed by atoms with Crippen LogP contribution < -0.4 is 5.32 Å². The van der Waals surface area contributed by atoms with Crippen molar-refractivity contribution in [2.75, 3.05) is 26.2 Å². The Kier molecular flexibility index (Phi) is 4.01. The van der Waals surface area contributed by atoms with Gasteiger partial charge in [0.25, 0.3) is 0 Å². The highest BCUT2D eigenvalue weighted by molar-refractivity contribution is 5.93. The molecule has 4 rings (SSSR count). The average molecular weight is 315 g/mol. The summed E-state index contributed by atoms with van der Waals surface area (Å²) in [6, 6.07) is 19.1. The first-order valence-corrected chi connectivity index (χ1v) is 8.42. The first-order chi connectivity index (χ1) is 11.8. The van der Waals surface area contributed by atoms with Crippen LogP contribution in [0.15, 0.2) is 67.4 Å². The summed E-state index contributed by atoms with van der Waals surface area (Å²) in [4.78, 5) is 6.91. The minimum absolute atomic E-state index is 1.02. The summed E-state index contributed by atoms with van der Waals surface area (Å²) in [5.41, 5.74) is 5.71. The van der Waals surface area contributed by atoms with Crippen molar-refractivity contribution in [1.82, 2.24) is 15.2 Å². The largest absolute Gasteiger partial charge is 0.369 e. The van der Waals surface area contributed by atoms with Crippen LogP contribution in [-0.4, -0.2) is 36.1 Å². The Bertz CT molecular complexity index is 856. The molecule has 0 saturated carbocycles. The van der Waals surface area contributed by atoms with Crippen LogP contribution in [0.25, 0.3) is 27.7 Å². The Morgan fingerprint density at radius 1 is 0.958 bits per heavy atom. The lowest BCUT2D eigenvalue weighted by molar-refractivity contribution is 0.341. The Morgan fingerprint density at radius 2 is 1.71 bits per heavy atom. The molecule has 1 fully saturated rings. The molecule has 1 saturated heterocycles. The Labute approximate surface area is 142 Å². The second-order valence-corrected chi connectivity index (χ2v) is 6.14. The van der Waals surface area contributed by atoms with Gasteiger partial charge in [0.1, 0.15) is 0 Å². The van der Waals surface area contributed by atoms with Gasteiger partial charge >= 0.3 is 0 Å². The molecule has 1 N–H and O–H groups in total. The van der Waals surface area contributed by atoms with Crippen LogP contribution in [0.3, 0.4) is 0 Å². The third kappa shape index (κ3) is 2.79. The number of hydrogen-bond acceptors (Lipinski definition) is 3. The van der Waals surface area contributed by atoms with E-state index in [0.29, 0.717) is 0 Å². The molecule has 3 heteroatoms. The van der Waals surface area contributed by atoms with Crippen molar-refractivity contribution in [3.8, 4) is 11.1 Å². The first kappa shape index (κ1) is 14.9. The predicted octanol–water partition coefficient (Wildman–Crippen LogP) is 3.78. The van der Waals surface area contributed by atoms with Crippen molar-refractivity contribution in [2.45, 2.75) is 0 Å². The molecule has 3 aromatic rings. The van der Waals surface area contributed by atoms with Gasteiger partial charge in [-0.05, 0) is 17.2 Å². The van der Waals surface area contributed by atoms with Gasteiger partial charge in [-0.3, -0.25) is 4.98 Å². The zero-order valence-electron chi connectivity index (χ0n) is 13.7. The lowest BCUT2D eigenvalue weighted by atomic mass is 10.00. The molecular formula is C21H21N3. The van der Waals surface area contributed by atoms with E-state index in [9.17, 15) is 0 Å². The number of para-hydroxylation sites is 1. The molecule has 0 spiro atoms. The molecule has 1 aliphatic rings. The molecule has 0 atom stereocenters. The number of pyridine rings is 1. The van der Waals surface area contributed by atoms with E-state index in [1.807, 2.05) is 12.3 Å². The van der Waals surface area contributed by atoms with E-state index in [-0.39, 0.29) is 0 Å². The summed E-state index contributed by atoms with van der Waals surface area (Å²) in [6.45, 7) is 8.38. The molecule has 0 unspecified atom stereocenters. The van der Waals surface area contributed by atoms with Crippen molar-refractivity contribution >= 4 is 16.6 Å². The normalized spacial score (nSPS) is 14.8. The van der Waals surface area contributed by atoms with E-state index in [1.165, 1.54) is 22.1 Å². The van der Waals surface area contributed by atoms with Crippen LogP contribution in [-0.2, 0) is 0 Å². The lowest BCUT2D eigenvalue weighted by Crippen LogP contribution is -2.42. The number of benzene rings is 2. The second kappa shape index (κ2) is 6.46. The zero-order valence-corrected chi connectivity index (χ0v) is 13.7. The summed E-state index contributed by atoms with van der Waals surface area (Å²) in [6.07, 6.45) is 1.85. The number of rotatable bonds is 3. The average Bonchev–Trinajstić information content (AvgIpc) is 2.68. The van der Waals surface area contributed by atoms with Gasteiger partial charge in [-0.25, -0.2) is 0 Å². The topological polar surface area (TPSA) is 28.2 Å². The van der Waals surface area contributed by atoms with Gasteiger partial charge in [0.05, 0.1) is 5.52 Å². The van der Waals surface area contributed by atoms with E-state index >= 15 is 0 Å². The minimum atomic E-state index is 1.02. The van der Waals surface area contributed by atoms with E-state index in [2.05, 4.69) is 70.3 Å². The third-order valence-electron chi connectivity index (χ3n) is 4.66. The quantitative estimate of drug-likeness (QED) is 0.797. The molecule has 2 heterocycles. The highest BCUT2D eigenvalue weighted by Gasteiger charge is 2.13. The van der Waals surface area contributed by atoms with Gasteiger partial charge in [0.15, 0.2) is 0 Å². The number of hydrogen-bond donors (Lipinski definition) is 1. The summed E-state index contributed by atoms with van der Waals surface area (Å²) in [5.74, 6) is 0. The maximum atomic E-state index is 4.56. The fraction of sp³-hybridized carbons (Fsp3) is 0.190. The maximum Gasteiger partial charge on any atom is 0.0780 e. The molecule has 0 aliphatic carbocycles. The summed E-state index contributed by atoms with van der Waals surface area (Å²) >= 11 is 0. The van der Waals surface area contributed by atoms with Gasteiger partial charge in [0, 0.05) is 49.0 Å². The van der Waals surface area contributed by atoms with Gasteiger partial charge < -0.3 is 10.2 Å². The van der Waals surface area contributed by atoms with Gasteiger partial charge in [-0.2, -0.15) is 0 Å². The molecule has 0 radical (unpaired) electrons. The zero-order chi connectivity index (χ0) is 16.4. The smallest absolute Gasteiger partial charge is 0.0780 e. The predicted molar refractivity (Wildman–Crippen MR) is 101 cm³/mol. The van der Waals surface area contributed by atoms with Crippen molar-refractivity contribution in [3.05, 3.63) is 72.9 Å². The monoisotopic (exact) mass is 315 g/mol. The highest BCUT2D eigenvalue weighted by Crippen LogP contribution is 2.28. The second-order valence-electron chi connectivity index (χ2n) is 6.14. The Balaban J connectivity index is 1.64. The summed E-state index contributed by atoms with van der Waals surface area (Å²) in [7, 11) is 0. The molecule has 24 heavy (non-hydrogen) atoms. The Morgan fingerprint density at radius 3 is 2.50 bits per heavy atom. The van der Waals surface area contributed by atoms with E-state index in [1.54, 1.807) is 0 Å². The van der Waals surface area contributed by atoms with Crippen LogP contribution >= 0.6 is 0 Å². The summed E-state index contributed by atoms with van der Waals surface area (Å²) in [5, 5.41) is 4.55. The van der Waals surface area contributed by atoms with Gasteiger partial charge in [-0.15, -0.1) is 0 Å². The van der Waals surface area contributed by atoms with Crippen LogP contribution in [0.1, 0.15) is 5.56 Å². The van der Waals surface area contributed by atoms with Crippen LogP contribution in [0.5, 0.6) is 0 Å². The molecule has 0 amide bonds. The standard InChI is InChI=1S/C21H21N3/c1-16(24-14-12-22-13-15-24)17-7-9-18(10-8-17)20-6-2-4-19-5-3-11-23-21(19)20/h2-11,22H,1,12-15H2.